The zero-order valence-electron chi connectivity index (χ0n) is 17.7. The molecule has 2 aliphatic rings. The fraction of sp³-hybridized carbons (Fsp3) is 0.375. The van der Waals surface area contributed by atoms with Crippen LogP contribution >= 0.6 is 0 Å². The van der Waals surface area contributed by atoms with Crippen LogP contribution in [0.5, 0.6) is 5.75 Å². The topological polar surface area (TPSA) is 80.9 Å². The lowest BCUT2D eigenvalue weighted by molar-refractivity contribution is -0.188. The molecule has 3 heterocycles. The predicted molar refractivity (Wildman–Crippen MR) is 112 cm³/mol. The number of aromatic nitrogens is 1. The summed E-state index contributed by atoms with van der Waals surface area (Å²) < 4.78 is 41.8. The molecule has 0 aliphatic carbocycles. The number of aromatic hydroxyl groups is 1. The summed E-state index contributed by atoms with van der Waals surface area (Å²) in [6.45, 7) is 4.28. The van der Waals surface area contributed by atoms with E-state index in [0.717, 1.165) is 17.8 Å². The van der Waals surface area contributed by atoms with Gasteiger partial charge in [-0.25, -0.2) is 13.6 Å². The van der Waals surface area contributed by atoms with Crippen LogP contribution in [0.2, 0.25) is 0 Å². The number of rotatable bonds is 2. The van der Waals surface area contributed by atoms with Crippen LogP contribution in [-0.2, 0) is 25.3 Å². The van der Waals surface area contributed by atoms with Crippen LogP contribution in [0.3, 0.4) is 0 Å². The number of phenolic OH excluding ortho intramolecular Hbond substituents is 1. The fourth-order valence-corrected chi connectivity index (χ4v) is 5.02. The monoisotopic (exact) mass is 443 g/mol. The number of phenols is 1. The third-order valence-corrected chi connectivity index (χ3v) is 6.54. The van der Waals surface area contributed by atoms with Crippen molar-refractivity contribution in [3.63, 3.8) is 0 Å². The van der Waals surface area contributed by atoms with Gasteiger partial charge in [0.15, 0.2) is 17.7 Å². The number of carboxylic acids is 1. The van der Waals surface area contributed by atoms with E-state index in [0.29, 0.717) is 35.2 Å². The van der Waals surface area contributed by atoms with Gasteiger partial charge in [-0.05, 0) is 37.1 Å². The third kappa shape index (κ3) is 2.93. The van der Waals surface area contributed by atoms with E-state index in [1.807, 2.05) is 24.5 Å². The van der Waals surface area contributed by atoms with Gasteiger partial charge >= 0.3 is 5.97 Å². The first-order valence-corrected chi connectivity index (χ1v) is 10.5. The average molecular weight is 443 g/mol. The van der Waals surface area contributed by atoms with Gasteiger partial charge in [0.1, 0.15) is 11.4 Å². The molecule has 1 spiro atoms. The molecule has 2 aliphatic heterocycles. The van der Waals surface area contributed by atoms with E-state index in [9.17, 15) is 23.8 Å². The lowest BCUT2D eigenvalue weighted by Crippen LogP contribution is -2.50. The number of hydrogen-bond acceptors (Lipinski definition) is 4. The minimum atomic E-state index is -1.02. The maximum atomic E-state index is 14.2. The summed E-state index contributed by atoms with van der Waals surface area (Å²) in [7, 11) is 0. The molecule has 8 heteroatoms. The number of carbonyl (C=O) groups is 1. The van der Waals surface area contributed by atoms with Crippen LogP contribution in [0, 0.1) is 11.6 Å². The lowest BCUT2D eigenvalue weighted by atomic mass is 9.75. The molecule has 5 rings (SSSR count). The van der Waals surface area contributed by atoms with Crippen LogP contribution in [0.25, 0.3) is 16.6 Å². The van der Waals surface area contributed by atoms with Crippen LogP contribution in [-0.4, -0.2) is 40.1 Å². The molecule has 2 N–H and O–H groups in total. The average Bonchev–Trinajstić information content (AvgIpc) is 3.12. The highest BCUT2D eigenvalue weighted by atomic mass is 19.2. The highest BCUT2D eigenvalue weighted by Gasteiger charge is 2.51. The quantitative estimate of drug-likeness (QED) is 0.614. The molecule has 1 saturated heterocycles. The number of ether oxygens (including phenoxy) is 2. The summed E-state index contributed by atoms with van der Waals surface area (Å²) in [6.07, 6.45) is -0.283. The summed E-state index contributed by atoms with van der Waals surface area (Å²) in [5.41, 5.74) is 1.04. The Bertz CT molecular complexity index is 1240. The van der Waals surface area contributed by atoms with E-state index in [1.165, 1.54) is 6.07 Å². The summed E-state index contributed by atoms with van der Waals surface area (Å²) in [5, 5.41) is 20.8. The van der Waals surface area contributed by atoms with Crippen LogP contribution < -0.4 is 0 Å². The molecule has 2 aromatic carbocycles. The Kier molecular flexibility index (Phi) is 4.58. The van der Waals surface area contributed by atoms with Gasteiger partial charge in [0.25, 0.3) is 0 Å². The second-order valence-corrected chi connectivity index (χ2v) is 9.17. The Labute approximate surface area is 183 Å². The smallest absolute Gasteiger partial charge is 0.332 e. The van der Waals surface area contributed by atoms with Crippen LogP contribution in [0.15, 0.2) is 36.4 Å². The SMILES string of the molecule is CC1(C)COC2(CCC(C(=O)O)OC2)c2c1n(-c1ccc(F)c(F)c1)c1cccc(O)c21. The molecule has 1 aromatic heterocycles. The summed E-state index contributed by atoms with van der Waals surface area (Å²) in [6, 6.07) is 8.78. The van der Waals surface area contributed by atoms with Gasteiger partial charge in [0.2, 0.25) is 0 Å². The van der Waals surface area contributed by atoms with E-state index in [1.54, 1.807) is 12.1 Å². The van der Waals surface area contributed by atoms with Crippen molar-refractivity contribution in [2.75, 3.05) is 13.2 Å². The number of carboxylic acid groups (broad SMARTS) is 1. The normalized spacial score (nSPS) is 24.6. The standard InChI is InChI=1S/C24H23F2NO5/c1-23(2)11-32-24(9-8-18(22(29)30)31-12-24)20-19-16(4-3-5-17(19)28)27(21(20)23)13-6-7-14(25)15(26)10-13/h3-7,10,18,28H,8-9,11-12H2,1-2H3,(H,29,30). The van der Waals surface area contributed by atoms with E-state index >= 15 is 0 Å². The Morgan fingerprint density at radius 2 is 1.94 bits per heavy atom. The van der Waals surface area contributed by atoms with E-state index < -0.39 is 34.7 Å². The van der Waals surface area contributed by atoms with Gasteiger partial charge in [-0.3, -0.25) is 0 Å². The predicted octanol–water partition coefficient (Wildman–Crippen LogP) is 4.38. The van der Waals surface area contributed by atoms with Gasteiger partial charge in [0, 0.05) is 33.8 Å². The number of nitrogens with zero attached hydrogens (tertiary/aromatic N) is 1. The first-order chi connectivity index (χ1) is 15.1. The number of benzene rings is 2. The largest absolute Gasteiger partial charge is 0.507 e. The van der Waals surface area contributed by atoms with Crippen molar-refractivity contribution in [3.05, 3.63) is 59.3 Å². The van der Waals surface area contributed by atoms with Gasteiger partial charge in [-0.2, -0.15) is 0 Å². The van der Waals surface area contributed by atoms with E-state index in [-0.39, 0.29) is 18.8 Å². The molecule has 32 heavy (non-hydrogen) atoms. The molecule has 0 bridgehead atoms. The molecule has 0 saturated carbocycles. The molecule has 1 fully saturated rings. The zero-order valence-corrected chi connectivity index (χ0v) is 17.7. The molecule has 168 valence electrons. The van der Waals surface area contributed by atoms with Crippen molar-refractivity contribution < 1.29 is 33.3 Å². The number of halogens is 2. The van der Waals surface area contributed by atoms with Crippen LogP contribution in [0.4, 0.5) is 8.78 Å². The van der Waals surface area contributed by atoms with E-state index in [4.69, 9.17) is 9.47 Å². The van der Waals surface area contributed by atoms with Crippen molar-refractivity contribution in [3.8, 4) is 11.4 Å². The van der Waals surface area contributed by atoms with Gasteiger partial charge < -0.3 is 24.3 Å². The molecule has 0 amide bonds. The van der Waals surface area contributed by atoms with Crippen molar-refractivity contribution in [2.45, 2.75) is 43.8 Å². The molecule has 2 atom stereocenters. The molecule has 3 aromatic rings. The van der Waals surface area contributed by atoms with Gasteiger partial charge in [-0.1, -0.05) is 19.9 Å². The zero-order chi connectivity index (χ0) is 22.8. The molecular formula is C24H23F2NO5. The number of fused-ring (bicyclic) bond motifs is 4. The lowest BCUT2D eigenvalue weighted by Gasteiger charge is -2.47. The molecular weight excluding hydrogens is 420 g/mol. The second kappa shape index (κ2) is 7.02. The van der Waals surface area contributed by atoms with Crippen molar-refractivity contribution in [2.24, 2.45) is 0 Å². The summed E-state index contributed by atoms with van der Waals surface area (Å²) >= 11 is 0. The van der Waals surface area contributed by atoms with E-state index in [2.05, 4.69) is 0 Å². The highest BCUT2D eigenvalue weighted by molar-refractivity contribution is 5.94. The minimum absolute atomic E-state index is 0.0122. The third-order valence-electron chi connectivity index (χ3n) is 6.54. The Balaban J connectivity index is 1.82. The maximum absolute atomic E-state index is 14.2. The van der Waals surface area contributed by atoms with Crippen LogP contribution in [0.1, 0.15) is 37.9 Å². The molecule has 0 radical (unpaired) electrons. The highest BCUT2D eigenvalue weighted by Crippen LogP contribution is 2.52. The Morgan fingerprint density at radius 3 is 2.59 bits per heavy atom. The molecule has 2 unspecified atom stereocenters. The van der Waals surface area contributed by atoms with Crippen molar-refractivity contribution in [1.29, 1.82) is 0 Å². The minimum Gasteiger partial charge on any atom is -0.507 e. The fourth-order valence-electron chi connectivity index (χ4n) is 5.02. The number of aliphatic carboxylic acids is 1. The Morgan fingerprint density at radius 1 is 1.16 bits per heavy atom. The summed E-state index contributed by atoms with van der Waals surface area (Å²) in [4.78, 5) is 11.4. The first kappa shape index (κ1) is 20.9. The number of hydrogen-bond donors (Lipinski definition) is 2. The van der Waals surface area contributed by atoms with Crippen molar-refractivity contribution >= 4 is 16.9 Å². The van der Waals surface area contributed by atoms with Gasteiger partial charge in [-0.15, -0.1) is 0 Å². The van der Waals surface area contributed by atoms with Crippen molar-refractivity contribution in [1.82, 2.24) is 4.57 Å². The Hall–Kier alpha value is -2.97. The first-order valence-electron chi connectivity index (χ1n) is 10.5. The maximum Gasteiger partial charge on any atom is 0.332 e. The second-order valence-electron chi connectivity index (χ2n) is 9.17. The summed E-state index contributed by atoms with van der Waals surface area (Å²) in [5.74, 6) is -2.91. The molecule has 6 nitrogen and oxygen atoms in total. The van der Waals surface area contributed by atoms with Gasteiger partial charge in [0.05, 0.1) is 18.7 Å².